The Kier molecular flexibility index (Phi) is 4.66. The summed E-state index contributed by atoms with van der Waals surface area (Å²) in [6, 6.07) is -1.40. The van der Waals surface area contributed by atoms with Gasteiger partial charge in [-0.15, -0.1) is 0 Å². The Bertz CT molecular complexity index is 442. The van der Waals surface area contributed by atoms with Gasteiger partial charge in [0.1, 0.15) is 6.04 Å². The number of piperidine rings is 1. The molecule has 3 atom stereocenters. The number of carbonyl (C=O) groups excluding carboxylic acids is 2. The van der Waals surface area contributed by atoms with Crippen LogP contribution < -0.4 is 5.32 Å². The number of nitrogens with zero attached hydrogens (tertiary/aromatic N) is 2. The fourth-order valence-electron chi connectivity index (χ4n) is 3.01. The number of aliphatic hydroxyl groups excluding tert-OH is 1. The predicted octanol–water partition coefficient (Wildman–Crippen LogP) is -0.916. The third-order valence-electron chi connectivity index (χ3n) is 4.12. The number of aliphatic hydroxyl groups is 1. The van der Waals surface area contributed by atoms with Crippen molar-refractivity contribution in [2.75, 3.05) is 26.7 Å². The van der Waals surface area contributed by atoms with Crippen LogP contribution in [0.4, 0.5) is 4.79 Å². The minimum absolute atomic E-state index is 0.0247. The normalized spacial score (nSPS) is 29.3. The number of carboxylic acids is 1. The molecule has 2 fully saturated rings. The van der Waals surface area contributed by atoms with Gasteiger partial charge in [0.15, 0.2) is 0 Å². The fourth-order valence-corrected chi connectivity index (χ4v) is 3.01. The zero-order chi connectivity index (χ0) is 15.6. The monoisotopic (exact) mass is 299 g/mol. The molecule has 0 aromatic carbocycles. The van der Waals surface area contributed by atoms with Crippen LogP contribution in [0.15, 0.2) is 0 Å². The van der Waals surface area contributed by atoms with Crippen LogP contribution in [0.1, 0.15) is 19.3 Å². The van der Waals surface area contributed by atoms with E-state index in [-0.39, 0.29) is 31.3 Å². The summed E-state index contributed by atoms with van der Waals surface area (Å²) in [4.78, 5) is 38.0. The maximum Gasteiger partial charge on any atom is 0.326 e. The number of carbonyl (C=O) groups is 3. The molecule has 2 aliphatic heterocycles. The van der Waals surface area contributed by atoms with Crippen LogP contribution in [-0.2, 0) is 9.59 Å². The molecule has 0 bridgehead atoms. The highest BCUT2D eigenvalue weighted by molar-refractivity contribution is 5.84. The molecule has 0 aliphatic carbocycles. The van der Waals surface area contributed by atoms with Gasteiger partial charge in [0, 0.05) is 33.1 Å². The number of rotatable bonds is 2. The molecule has 0 radical (unpaired) electrons. The lowest BCUT2D eigenvalue weighted by Gasteiger charge is -2.35. The smallest absolute Gasteiger partial charge is 0.326 e. The molecule has 118 valence electrons. The van der Waals surface area contributed by atoms with Gasteiger partial charge in [0.2, 0.25) is 5.91 Å². The lowest BCUT2D eigenvalue weighted by molar-refractivity contribution is -0.141. The summed E-state index contributed by atoms with van der Waals surface area (Å²) < 4.78 is 0. The number of aliphatic carboxylic acids is 1. The molecule has 0 spiro atoms. The van der Waals surface area contributed by atoms with Crippen molar-refractivity contribution in [1.29, 1.82) is 0 Å². The van der Waals surface area contributed by atoms with Gasteiger partial charge in [-0.2, -0.15) is 0 Å². The van der Waals surface area contributed by atoms with E-state index < -0.39 is 24.1 Å². The lowest BCUT2D eigenvalue weighted by Crippen LogP contribution is -2.52. The lowest BCUT2D eigenvalue weighted by atomic mass is 9.97. The first kappa shape index (κ1) is 15.6. The Hall–Kier alpha value is -1.83. The molecule has 8 nitrogen and oxygen atoms in total. The molecule has 2 aliphatic rings. The highest BCUT2D eigenvalue weighted by Crippen LogP contribution is 2.23. The van der Waals surface area contributed by atoms with Crippen molar-refractivity contribution >= 4 is 17.9 Å². The summed E-state index contributed by atoms with van der Waals surface area (Å²) in [5, 5.41) is 21.3. The first-order valence-corrected chi connectivity index (χ1v) is 7.12. The fraction of sp³-hybridized carbons (Fsp3) is 0.769. The Morgan fingerprint density at radius 1 is 1.24 bits per heavy atom. The van der Waals surface area contributed by atoms with E-state index in [2.05, 4.69) is 5.32 Å². The second-order valence-corrected chi connectivity index (χ2v) is 5.58. The molecular formula is C13H21N3O5. The van der Waals surface area contributed by atoms with Gasteiger partial charge < -0.3 is 25.3 Å². The van der Waals surface area contributed by atoms with Crippen LogP contribution >= 0.6 is 0 Å². The Labute approximate surface area is 122 Å². The standard InChI is InChI=1S/C13H21N3O5/c1-14-11(18)8-3-2-4-15(6-8)13(21)16-7-9(17)5-10(16)12(19)20/h8-10,17H,2-7H2,1H3,(H,14,18)(H,19,20)/t8?,9?,10-/m0/s1. The molecule has 2 rings (SSSR count). The first-order chi connectivity index (χ1) is 9.93. The summed E-state index contributed by atoms with van der Waals surface area (Å²) >= 11 is 0. The maximum atomic E-state index is 12.5. The summed E-state index contributed by atoms with van der Waals surface area (Å²) in [5.41, 5.74) is 0. The first-order valence-electron chi connectivity index (χ1n) is 7.12. The second kappa shape index (κ2) is 6.30. The molecule has 0 aromatic heterocycles. The minimum atomic E-state index is -1.11. The van der Waals surface area contributed by atoms with Crippen molar-refractivity contribution < 1.29 is 24.6 Å². The largest absolute Gasteiger partial charge is 0.480 e. The van der Waals surface area contributed by atoms with E-state index in [1.807, 2.05) is 0 Å². The van der Waals surface area contributed by atoms with Crippen molar-refractivity contribution in [3.63, 3.8) is 0 Å². The molecular weight excluding hydrogens is 278 g/mol. The molecule has 0 saturated carbocycles. The van der Waals surface area contributed by atoms with Crippen molar-refractivity contribution in [3.8, 4) is 0 Å². The van der Waals surface area contributed by atoms with E-state index in [1.54, 1.807) is 7.05 Å². The van der Waals surface area contributed by atoms with Crippen molar-refractivity contribution in [1.82, 2.24) is 15.1 Å². The summed E-state index contributed by atoms with van der Waals surface area (Å²) in [6.45, 7) is 0.819. The molecule has 21 heavy (non-hydrogen) atoms. The topological polar surface area (TPSA) is 110 Å². The van der Waals surface area contributed by atoms with Crippen LogP contribution in [0.25, 0.3) is 0 Å². The number of hydrogen-bond donors (Lipinski definition) is 3. The number of β-amino-alcohol motifs (C(OH)–C–C–N with tert-alkyl or cyclic N) is 1. The predicted molar refractivity (Wildman–Crippen MR) is 72.5 cm³/mol. The number of amides is 3. The summed E-state index contributed by atoms with van der Waals surface area (Å²) in [5.74, 6) is -1.48. The number of urea groups is 1. The van der Waals surface area contributed by atoms with Crippen LogP contribution in [0.3, 0.4) is 0 Å². The van der Waals surface area contributed by atoms with E-state index in [9.17, 15) is 19.5 Å². The molecule has 3 N–H and O–H groups in total. The van der Waals surface area contributed by atoms with Gasteiger partial charge >= 0.3 is 12.0 Å². The van der Waals surface area contributed by atoms with E-state index in [0.717, 1.165) is 0 Å². The van der Waals surface area contributed by atoms with E-state index in [0.29, 0.717) is 19.4 Å². The summed E-state index contributed by atoms with van der Waals surface area (Å²) in [6.07, 6.45) is 0.662. The van der Waals surface area contributed by atoms with Gasteiger partial charge in [0.25, 0.3) is 0 Å². The van der Waals surface area contributed by atoms with E-state index in [1.165, 1.54) is 9.80 Å². The zero-order valence-corrected chi connectivity index (χ0v) is 12.0. The van der Waals surface area contributed by atoms with Gasteiger partial charge in [-0.3, -0.25) is 4.79 Å². The third-order valence-corrected chi connectivity index (χ3v) is 4.12. The number of hydrogen-bond acceptors (Lipinski definition) is 4. The van der Waals surface area contributed by atoms with E-state index >= 15 is 0 Å². The second-order valence-electron chi connectivity index (χ2n) is 5.58. The maximum absolute atomic E-state index is 12.5. The Morgan fingerprint density at radius 3 is 2.57 bits per heavy atom. The number of likely N-dealkylation sites (tertiary alicyclic amines) is 2. The van der Waals surface area contributed by atoms with Crippen LogP contribution in [-0.4, -0.2) is 76.7 Å². The van der Waals surface area contributed by atoms with Crippen LogP contribution in [0.5, 0.6) is 0 Å². The highest BCUT2D eigenvalue weighted by Gasteiger charge is 2.41. The van der Waals surface area contributed by atoms with Gasteiger partial charge in [-0.05, 0) is 12.8 Å². The highest BCUT2D eigenvalue weighted by atomic mass is 16.4. The number of nitrogens with one attached hydrogen (secondary N) is 1. The third kappa shape index (κ3) is 3.26. The molecule has 2 saturated heterocycles. The molecule has 8 heteroatoms. The van der Waals surface area contributed by atoms with Crippen LogP contribution in [0.2, 0.25) is 0 Å². The van der Waals surface area contributed by atoms with Gasteiger partial charge in [-0.25, -0.2) is 9.59 Å². The SMILES string of the molecule is CNC(=O)C1CCCN(C(=O)N2CC(O)C[C@H]2C(=O)O)C1. The van der Waals surface area contributed by atoms with Gasteiger partial charge in [-0.1, -0.05) is 0 Å². The average molecular weight is 299 g/mol. The Morgan fingerprint density at radius 2 is 1.95 bits per heavy atom. The van der Waals surface area contributed by atoms with Crippen molar-refractivity contribution in [3.05, 3.63) is 0 Å². The molecule has 0 aromatic rings. The molecule has 2 unspecified atom stereocenters. The van der Waals surface area contributed by atoms with E-state index in [4.69, 9.17) is 5.11 Å². The molecule has 3 amide bonds. The minimum Gasteiger partial charge on any atom is -0.480 e. The quantitative estimate of drug-likeness (QED) is 0.611. The number of carboxylic acid groups (broad SMARTS) is 1. The van der Waals surface area contributed by atoms with Gasteiger partial charge in [0.05, 0.1) is 12.0 Å². The zero-order valence-electron chi connectivity index (χ0n) is 12.0. The van der Waals surface area contributed by atoms with Crippen LogP contribution in [0, 0.1) is 5.92 Å². The summed E-state index contributed by atoms with van der Waals surface area (Å²) in [7, 11) is 1.56. The Balaban J connectivity index is 2.05. The van der Waals surface area contributed by atoms with Crippen molar-refractivity contribution in [2.45, 2.75) is 31.4 Å². The average Bonchev–Trinajstić information content (AvgIpc) is 2.88. The molecule has 2 heterocycles. The van der Waals surface area contributed by atoms with Crippen molar-refractivity contribution in [2.24, 2.45) is 5.92 Å².